The molecule has 0 bridgehead atoms. The minimum absolute atomic E-state index is 0.0752. The highest BCUT2D eigenvalue weighted by atomic mass is 35.5. The van der Waals surface area contributed by atoms with Crippen molar-refractivity contribution in [2.75, 3.05) is 6.54 Å². The van der Waals surface area contributed by atoms with Crippen molar-refractivity contribution in [1.82, 2.24) is 15.1 Å². The average molecular weight is 544 g/mol. The molecular formula is C28H31Cl2N3O4. The molecule has 196 valence electrons. The molecule has 4 amide bonds. The van der Waals surface area contributed by atoms with Crippen LogP contribution < -0.4 is 5.32 Å². The van der Waals surface area contributed by atoms with Gasteiger partial charge in [-0.1, -0.05) is 61.2 Å². The molecule has 1 saturated carbocycles. The summed E-state index contributed by atoms with van der Waals surface area (Å²) in [5.74, 6) is -1.11. The summed E-state index contributed by atoms with van der Waals surface area (Å²) >= 11 is 12.5. The number of nitrogens with zero attached hydrogens (tertiary/aromatic N) is 2. The maximum atomic E-state index is 13.5. The van der Waals surface area contributed by atoms with Crippen molar-refractivity contribution in [3.05, 3.63) is 69.2 Å². The van der Waals surface area contributed by atoms with Crippen LogP contribution in [0.3, 0.4) is 0 Å². The zero-order valence-electron chi connectivity index (χ0n) is 20.8. The van der Waals surface area contributed by atoms with Crippen LogP contribution >= 0.6 is 23.2 Å². The fourth-order valence-electron chi connectivity index (χ4n) is 5.09. The van der Waals surface area contributed by atoms with Crippen LogP contribution in [0.1, 0.15) is 78.1 Å². The summed E-state index contributed by atoms with van der Waals surface area (Å²) in [4.78, 5) is 54.8. The molecule has 2 aromatic carbocycles. The summed E-state index contributed by atoms with van der Waals surface area (Å²) in [6.45, 7) is 2.15. The van der Waals surface area contributed by atoms with E-state index >= 15 is 0 Å². The summed E-state index contributed by atoms with van der Waals surface area (Å²) in [6, 6.07) is 11.2. The summed E-state index contributed by atoms with van der Waals surface area (Å²) in [7, 11) is 0. The highest BCUT2D eigenvalue weighted by Gasteiger charge is 2.35. The number of rotatable bonds is 10. The molecule has 7 nitrogen and oxygen atoms in total. The summed E-state index contributed by atoms with van der Waals surface area (Å²) in [5, 5.41) is 4.02. The van der Waals surface area contributed by atoms with Crippen LogP contribution in [-0.2, 0) is 16.1 Å². The van der Waals surface area contributed by atoms with Crippen molar-refractivity contribution in [3.63, 3.8) is 0 Å². The first-order valence-corrected chi connectivity index (χ1v) is 13.5. The molecule has 37 heavy (non-hydrogen) atoms. The minimum Gasteiger partial charge on any atom is -0.352 e. The van der Waals surface area contributed by atoms with Gasteiger partial charge in [0.2, 0.25) is 11.8 Å². The maximum Gasteiger partial charge on any atom is 0.261 e. The molecule has 0 radical (unpaired) electrons. The highest BCUT2D eigenvalue weighted by Crippen LogP contribution is 2.26. The van der Waals surface area contributed by atoms with Gasteiger partial charge in [0.15, 0.2) is 0 Å². The van der Waals surface area contributed by atoms with E-state index in [0.29, 0.717) is 33.2 Å². The second-order valence-corrected chi connectivity index (χ2v) is 10.4. The van der Waals surface area contributed by atoms with E-state index in [2.05, 4.69) is 5.32 Å². The molecule has 2 aromatic rings. The maximum absolute atomic E-state index is 13.5. The van der Waals surface area contributed by atoms with Gasteiger partial charge in [0.25, 0.3) is 11.8 Å². The molecule has 2 aliphatic rings. The van der Waals surface area contributed by atoms with E-state index in [9.17, 15) is 19.2 Å². The van der Waals surface area contributed by atoms with E-state index in [4.69, 9.17) is 23.2 Å². The van der Waals surface area contributed by atoms with Crippen LogP contribution in [0.25, 0.3) is 0 Å². The van der Waals surface area contributed by atoms with Gasteiger partial charge in [-0.3, -0.25) is 24.1 Å². The first-order chi connectivity index (χ1) is 17.8. The molecule has 0 saturated heterocycles. The Morgan fingerprint density at radius 1 is 1.05 bits per heavy atom. The number of halogens is 2. The van der Waals surface area contributed by atoms with Gasteiger partial charge in [0.1, 0.15) is 6.04 Å². The third-order valence-electron chi connectivity index (χ3n) is 7.09. The lowest BCUT2D eigenvalue weighted by atomic mass is 10.1. The molecule has 1 aliphatic heterocycles. The molecule has 4 rings (SSSR count). The van der Waals surface area contributed by atoms with E-state index in [-0.39, 0.29) is 55.6 Å². The summed E-state index contributed by atoms with van der Waals surface area (Å²) in [5.41, 5.74) is 1.45. The van der Waals surface area contributed by atoms with Crippen molar-refractivity contribution in [2.45, 2.75) is 70.5 Å². The molecule has 0 aromatic heterocycles. The molecule has 1 heterocycles. The number of fused-ring (bicyclic) bond motifs is 1. The van der Waals surface area contributed by atoms with Crippen molar-refractivity contribution < 1.29 is 19.2 Å². The van der Waals surface area contributed by atoms with Gasteiger partial charge in [0.05, 0.1) is 11.1 Å². The van der Waals surface area contributed by atoms with Gasteiger partial charge in [0, 0.05) is 35.6 Å². The smallest absolute Gasteiger partial charge is 0.261 e. The van der Waals surface area contributed by atoms with Crippen LogP contribution in [0.2, 0.25) is 10.0 Å². The number of benzene rings is 2. The van der Waals surface area contributed by atoms with Gasteiger partial charge in [-0.05, 0) is 55.5 Å². The Morgan fingerprint density at radius 2 is 1.70 bits per heavy atom. The zero-order chi connectivity index (χ0) is 26.5. The van der Waals surface area contributed by atoms with Crippen LogP contribution in [-0.4, -0.2) is 52.1 Å². The molecule has 9 heteroatoms. The molecule has 1 N–H and O–H groups in total. The first kappa shape index (κ1) is 27.1. The van der Waals surface area contributed by atoms with Gasteiger partial charge in [-0.15, -0.1) is 0 Å². The van der Waals surface area contributed by atoms with Crippen LogP contribution in [0.4, 0.5) is 0 Å². The van der Waals surface area contributed by atoms with Gasteiger partial charge in [-0.25, -0.2) is 0 Å². The quantitative estimate of drug-likeness (QED) is 0.415. The highest BCUT2D eigenvalue weighted by molar-refractivity contribution is 6.35. The fourth-order valence-corrected chi connectivity index (χ4v) is 5.56. The second kappa shape index (κ2) is 12.1. The molecule has 0 spiro atoms. The number of hydrogen-bond donors (Lipinski definition) is 1. The molecular weight excluding hydrogens is 513 g/mol. The van der Waals surface area contributed by atoms with Gasteiger partial charge >= 0.3 is 0 Å². The van der Waals surface area contributed by atoms with Crippen molar-refractivity contribution in [2.24, 2.45) is 0 Å². The largest absolute Gasteiger partial charge is 0.352 e. The van der Waals surface area contributed by atoms with E-state index in [1.165, 1.54) is 4.90 Å². The first-order valence-electron chi connectivity index (χ1n) is 12.8. The Morgan fingerprint density at radius 3 is 2.30 bits per heavy atom. The second-order valence-electron chi connectivity index (χ2n) is 9.58. The number of carbonyl (C=O) groups is 4. The lowest BCUT2D eigenvalue weighted by Crippen LogP contribution is -2.51. The lowest BCUT2D eigenvalue weighted by Gasteiger charge is -2.32. The molecule has 1 fully saturated rings. The Bertz CT molecular complexity index is 1160. The van der Waals surface area contributed by atoms with E-state index < -0.39 is 6.04 Å². The number of hydrogen-bond acceptors (Lipinski definition) is 4. The SMILES string of the molecule is CC[C@H](C(=O)NC1CCCC1)N(Cc1ccc(Cl)cc1Cl)C(=O)CCCN1C(=O)c2ccccc2C1=O. The monoisotopic (exact) mass is 543 g/mol. The van der Waals surface area contributed by atoms with Crippen molar-refractivity contribution in [1.29, 1.82) is 0 Å². The van der Waals surface area contributed by atoms with Crippen LogP contribution in [0.15, 0.2) is 42.5 Å². The van der Waals surface area contributed by atoms with Gasteiger partial charge in [-0.2, -0.15) is 0 Å². The fraction of sp³-hybridized carbons (Fsp3) is 0.429. The van der Waals surface area contributed by atoms with Crippen LogP contribution in [0.5, 0.6) is 0 Å². The van der Waals surface area contributed by atoms with E-state index in [1.54, 1.807) is 47.4 Å². The number of nitrogens with one attached hydrogen (secondary N) is 1. The number of amides is 4. The Balaban J connectivity index is 1.46. The minimum atomic E-state index is -0.667. The van der Waals surface area contributed by atoms with Crippen molar-refractivity contribution in [3.8, 4) is 0 Å². The number of imide groups is 1. The van der Waals surface area contributed by atoms with Crippen molar-refractivity contribution >= 4 is 46.8 Å². The predicted octanol–water partition coefficient (Wildman–Crippen LogP) is 5.24. The van der Waals surface area contributed by atoms with E-state index in [1.807, 2.05) is 6.92 Å². The third kappa shape index (κ3) is 6.16. The Labute approximate surface area is 227 Å². The normalized spacial score (nSPS) is 16.1. The number of carbonyl (C=O) groups excluding carboxylic acids is 4. The standard InChI is InChI=1S/C28H31Cl2N3O4/c1-2-24(26(35)31-20-8-3-4-9-20)33(17-18-13-14-19(29)16-23(18)30)25(34)12-7-15-32-27(36)21-10-5-6-11-22(21)28(32)37/h5-6,10-11,13-14,16,20,24H,2-4,7-9,12,15,17H2,1H3,(H,31,35)/t24-/m1/s1. The Hall–Kier alpha value is -2.90. The summed E-state index contributed by atoms with van der Waals surface area (Å²) in [6.07, 6.45) is 4.86. The summed E-state index contributed by atoms with van der Waals surface area (Å²) < 4.78 is 0. The van der Waals surface area contributed by atoms with Crippen LogP contribution in [0, 0.1) is 0 Å². The predicted molar refractivity (Wildman–Crippen MR) is 143 cm³/mol. The molecule has 1 atom stereocenters. The topological polar surface area (TPSA) is 86.8 Å². The van der Waals surface area contributed by atoms with E-state index in [0.717, 1.165) is 25.7 Å². The lowest BCUT2D eigenvalue weighted by molar-refractivity contribution is -0.141. The average Bonchev–Trinajstić information content (AvgIpc) is 3.47. The van der Waals surface area contributed by atoms with Gasteiger partial charge < -0.3 is 10.2 Å². The zero-order valence-corrected chi connectivity index (χ0v) is 22.4. The molecule has 1 aliphatic carbocycles. The molecule has 0 unspecified atom stereocenters. The Kier molecular flexibility index (Phi) is 8.87. The third-order valence-corrected chi connectivity index (χ3v) is 7.68.